The van der Waals surface area contributed by atoms with E-state index >= 15 is 0 Å². The maximum absolute atomic E-state index is 13.1. The van der Waals surface area contributed by atoms with Crippen LogP contribution in [0, 0.1) is 24.2 Å². The molecule has 0 saturated heterocycles. The van der Waals surface area contributed by atoms with Gasteiger partial charge in [0.05, 0.1) is 11.1 Å². The minimum Gasteiger partial charge on any atom is -0.465 e. The van der Waals surface area contributed by atoms with Crippen molar-refractivity contribution in [3.63, 3.8) is 0 Å². The van der Waals surface area contributed by atoms with Crippen LogP contribution in [0.15, 0.2) is 47.6 Å². The van der Waals surface area contributed by atoms with Gasteiger partial charge in [0.1, 0.15) is 5.52 Å². The first kappa shape index (κ1) is 28.3. The summed E-state index contributed by atoms with van der Waals surface area (Å²) in [5, 5.41) is 11.9. The predicted molar refractivity (Wildman–Crippen MR) is 148 cm³/mol. The first-order chi connectivity index (χ1) is 18.3. The maximum atomic E-state index is 13.1. The van der Waals surface area contributed by atoms with Crippen LogP contribution in [0.5, 0.6) is 0 Å². The van der Waals surface area contributed by atoms with Crippen LogP contribution in [0.2, 0.25) is 0 Å². The molecule has 4 N–H and O–H groups in total. The standard InChI is InChI=1S/C27H36N6O5S/c1-17-5-11-20(12-6-17)39(37,38)33-14-13-21-25(33)28-16-22(29-21)31-32-23(34)15-18-7-9-19(10-8-18)24(27(2,3)4)30-26(35)36/h5-6,11-14,16,18-19,24,30H,7-10,15H2,1-4H3,(H,29,31)(H,32,34)(H,35,36). The number of hydrogen-bond acceptors (Lipinski definition) is 7. The predicted octanol–water partition coefficient (Wildman–Crippen LogP) is 4.30. The zero-order valence-corrected chi connectivity index (χ0v) is 23.5. The number of rotatable bonds is 8. The second-order valence-electron chi connectivity index (χ2n) is 11.3. The van der Waals surface area contributed by atoms with Gasteiger partial charge in [-0.1, -0.05) is 38.5 Å². The third kappa shape index (κ3) is 6.67. The van der Waals surface area contributed by atoms with Gasteiger partial charge < -0.3 is 10.4 Å². The fourth-order valence-electron chi connectivity index (χ4n) is 5.31. The van der Waals surface area contributed by atoms with Crippen molar-refractivity contribution in [3.05, 3.63) is 48.3 Å². The molecule has 1 saturated carbocycles. The summed E-state index contributed by atoms with van der Waals surface area (Å²) in [5.74, 6) is 0.555. The number of nitrogens with one attached hydrogen (secondary N) is 3. The van der Waals surface area contributed by atoms with Gasteiger partial charge in [0.25, 0.3) is 10.0 Å². The number of hydrazine groups is 1. The van der Waals surface area contributed by atoms with Crippen LogP contribution in [-0.2, 0) is 14.8 Å². The molecule has 4 rings (SSSR count). The fraction of sp³-hybridized carbons (Fsp3) is 0.481. The molecule has 0 aliphatic heterocycles. The summed E-state index contributed by atoms with van der Waals surface area (Å²) in [5.41, 5.74) is 6.76. The monoisotopic (exact) mass is 556 g/mol. The average Bonchev–Trinajstić information content (AvgIpc) is 3.30. The lowest BCUT2D eigenvalue weighted by molar-refractivity contribution is -0.121. The summed E-state index contributed by atoms with van der Waals surface area (Å²) < 4.78 is 27.2. The number of amides is 2. The summed E-state index contributed by atoms with van der Waals surface area (Å²) in [6.45, 7) is 8.00. The molecule has 3 aromatic rings. The van der Waals surface area contributed by atoms with E-state index in [1.807, 2.05) is 27.7 Å². The second kappa shape index (κ2) is 11.2. The van der Waals surface area contributed by atoms with Crippen LogP contribution in [0.3, 0.4) is 0 Å². The Morgan fingerprint density at radius 2 is 1.77 bits per heavy atom. The van der Waals surface area contributed by atoms with Crippen LogP contribution in [0.1, 0.15) is 58.4 Å². The molecule has 11 nitrogen and oxygen atoms in total. The van der Waals surface area contributed by atoms with Crippen LogP contribution in [-0.4, -0.2) is 45.5 Å². The third-order valence-electron chi connectivity index (χ3n) is 7.31. The zero-order valence-electron chi connectivity index (χ0n) is 22.6. The van der Waals surface area contributed by atoms with Crippen LogP contribution < -0.4 is 16.2 Å². The molecule has 1 atom stereocenters. The minimum atomic E-state index is -3.83. The Morgan fingerprint density at radius 3 is 2.38 bits per heavy atom. The molecule has 1 aliphatic carbocycles. The fourth-order valence-corrected chi connectivity index (χ4v) is 6.61. The first-order valence-corrected chi connectivity index (χ1v) is 14.5. The summed E-state index contributed by atoms with van der Waals surface area (Å²) in [7, 11) is -3.83. The second-order valence-corrected chi connectivity index (χ2v) is 13.2. The van der Waals surface area contributed by atoms with Crippen molar-refractivity contribution in [1.82, 2.24) is 24.7 Å². The number of nitrogens with zero attached hydrogens (tertiary/aromatic N) is 3. The van der Waals surface area contributed by atoms with Crippen LogP contribution in [0.25, 0.3) is 11.2 Å². The Morgan fingerprint density at radius 1 is 1.10 bits per heavy atom. The van der Waals surface area contributed by atoms with E-state index in [4.69, 9.17) is 0 Å². The third-order valence-corrected chi connectivity index (χ3v) is 8.99. The van der Waals surface area contributed by atoms with E-state index in [0.717, 1.165) is 35.2 Å². The van der Waals surface area contributed by atoms with Crippen LogP contribution in [0.4, 0.5) is 10.6 Å². The van der Waals surface area contributed by atoms with E-state index in [1.165, 1.54) is 12.4 Å². The molecule has 2 amide bonds. The number of aromatic nitrogens is 3. The molecule has 210 valence electrons. The van der Waals surface area contributed by atoms with Crippen molar-refractivity contribution in [2.24, 2.45) is 17.3 Å². The molecule has 1 unspecified atom stereocenters. The molecule has 12 heteroatoms. The summed E-state index contributed by atoms with van der Waals surface area (Å²) in [4.78, 5) is 32.7. The van der Waals surface area contributed by atoms with Crippen molar-refractivity contribution in [3.8, 4) is 0 Å². The lowest BCUT2D eigenvalue weighted by Crippen LogP contribution is -2.49. The van der Waals surface area contributed by atoms with E-state index in [0.29, 0.717) is 11.9 Å². The smallest absolute Gasteiger partial charge is 0.404 e. The summed E-state index contributed by atoms with van der Waals surface area (Å²) in [6, 6.07) is 8.00. The zero-order chi connectivity index (χ0) is 28.4. The van der Waals surface area contributed by atoms with Gasteiger partial charge in [0.15, 0.2) is 11.5 Å². The Bertz CT molecular complexity index is 1440. The largest absolute Gasteiger partial charge is 0.465 e. The number of carboxylic acid groups (broad SMARTS) is 1. The van der Waals surface area contributed by atoms with E-state index in [-0.39, 0.29) is 45.6 Å². The van der Waals surface area contributed by atoms with Crippen molar-refractivity contribution >= 4 is 39.0 Å². The Kier molecular flexibility index (Phi) is 8.15. The van der Waals surface area contributed by atoms with E-state index < -0.39 is 16.1 Å². The number of carbonyl (C=O) groups excluding carboxylic acids is 1. The van der Waals surface area contributed by atoms with Gasteiger partial charge in [-0.3, -0.25) is 15.6 Å². The molecule has 2 heterocycles. The summed E-state index contributed by atoms with van der Waals surface area (Å²) >= 11 is 0. The molecule has 0 spiro atoms. The highest BCUT2D eigenvalue weighted by atomic mass is 32.2. The molecule has 2 aromatic heterocycles. The van der Waals surface area contributed by atoms with Crippen molar-refractivity contribution in [2.75, 3.05) is 5.43 Å². The SMILES string of the molecule is Cc1ccc(S(=O)(=O)n2ccc3nc(NNC(=O)CC4CCC(C(NC(=O)O)C(C)(C)C)CC4)cnc32)cc1. The molecular weight excluding hydrogens is 520 g/mol. The lowest BCUT2D eigenvalue weighted by Gasteiger charge is -2.40. The van der Waals surface area contributed by atoms with Gasteiger partial charge in [0, 0.05) is 18.7 Å². The highest BCUT2D eigenvalue weighted by molar-refractivity contribution is 7.90. The summed E-state index contributed by atoms with van der Waals surface area (Å²) in [6.07, 6.45) is 5.53. The molecule has 0 bridgehead atoms. The molecule has 1 aromatic carbocycles. The number of benzene rings is 1. The topological polar surface area (TPSA) is 155 Å². The van der Waals surface area contributed by atoms with Crippen LogP contribution >= 0.6 is 0 Å². The lowest BCUT2D eigenvalue weighted by atomic mass is 9.70. The van der Waals surface area contributed by atoms with Gasteiger partial charge in [-0.2, -0.15) is 0 Å². The number of aryl methyl sites for hydroxylation is 1. The maximum Gasteiger partial charge on any atom is 0.404 e. The van der Waals surface area contributed by atoms with Gasteiger partial charge in [0.2, 0.25) is 5.91 Å². The van der Waals surface area contributed by atoms with Gasteiger partial charge in [-0.05, 0) is 68.1 Å². The Balaban J connectivity index is 1.32. The molecule has 1 fully saturated rings. The normalized spacial score (nSPS) is 18.9. The Hall–Kier alpha value is -3.67. The molecule has 1 aliphatic rings. The van der Waals surface area contributed by atoms with E-state index in [2.05, 4.69) is 26.1 Å². The van der Waals surface area contributed by atoms with Gasteiger partial charge in [-0.15, -0.1) is 0 Å². The number of fused-ring (bicyclic) bond motifs is 1. The van der Waals surface area contributed by atoms with Crippen molar-refractivity contribution in [2.45, 2.75) is 70.7 Å². The average molecular weight is 557 g/mol. The van der Waals surface area contributed by atoms with Crippen molar-refractivity contribution in [1.29, 1.82) is 0 Å². The molecule has 39 heavy (non-hydrogen) atoms. The minimum absolute atomic E-state index is 0.137. The number of carbonyl (C=O) groups is 2. The number of hydrogen-bond donors (Lipinski definition) is 4. The van der Waals surface area contributed by atoms with Gasteiger partial charge in [-0.25, -0.2) is 27.2 Å². The quantitative estimate of drug-likeness (QED) is 0.299. The van der Waals surface area contributed by atoms with E-state index in [9.17, 15) is 23.1 Å². The highest BCUT2D eigenvalue weighted by Crippen LogP contribution is 2.38. The van der Waals surface area contributed by atoms with Crippen molar-refractivity contribution < 1.29 is 23.1 Å². The molecule has 0 radical (unpaired) electrons. The molecular formula is C27H36N6O5S. The number of anilines is 1. The van der Waals surface area contributed by atoms with E-state index in [1.54, 1.807) is 30.3 Å². The highest BCUT2D eigenvalue weighted by Gasteiger charge is 2.36. The van der Waals surface area contributed by atoms with Gasteiger partial charge >= 0.3 is 6.09 Å². The first-order valence-electron chi connectivity index (χ1n) is 13.1. The Labute approximate surface area is 228 Å².